The highest BCUT2D eigenvalue weighted by molar-refractivity contribution is 5.67. The number of alkyl carbamates (subject to hydrolysis) is 1. The fourth-order valence-corrected chi connectivity index (χ4v) is 2.50. The van der Waals surface area contributed by atoms with E-state index < -0.39 is 11.7 Å². The summed E-state index contributed by atoms with van der Waals surface area (Å²) in [5, 5.41) is 2.74. The van der Waals surface area contributed by atoms with Crippen LogP contribution in [0.2, 0.25) is 0 Å². The molecule has 0 fully saturated rings. The molecule has 1 N–H and O–H groups in total. The van der Waals surface area contributed by atoms with Gasteiger partial charge in [-0.3, -0.25) is 0 Å². The van der Waals surface area contributed by atoms with E-state index in [1.54, 1.807) is 0 Å². The van der Waals surface area contributed by atoms with Crippen molar-refractivity contribution in [3.05, 3.63) is 65.2 Å². The van der Waals surface area contributed by atoms with Gasteiger partial charge in [-0.1, -0.05) is 56.9 Å². The van der Waals surface area contributed by atoms with Crippen LogP contribution in [0, 0.1) is 11.8 Å². The minimum absolute atomic E-state index is 0.132. The van der Waals surface area contributed by atoms with Crippen LogP contribution in [-0.4, -0.2) is 18.3 Å². The van der Waals surface area contributed by atoms with Gasteiger partial charge in [0.15, 0.2) is 0 Å². The van der Waals surface area contributed by atoms with Crippen LogP contribution in [0.5, 0.6) is 5.75 Å². The molecule has 0 bridgehead atoms. The maximum Gasteiger partial charge on any atom is 0.407 e. The van der Waals surface area contributed by atoms with Crippen molar-refractivity contribution in [2.75, 3.05) is 6.61 Å². The highest BCUT2D eigenvalue weighted by Gasteiger charge is 2.15. The number of carbonyl (C=O) groups is 1. The second kappa shape index (κ2) is 9.52. The first kappa shape index (κ1) is 22.4. The van der Waals surface area contributed by atoms with E-state index >= 15 is 0 Å². The molecule has 2 rings (SSSR count). The van der Waals surface area contributed by atoms with Crippen LogP contribution in [0.3, 0.4) is 0 Å². The third-order valence-corrected chi connectivity index (χ3v) is 4.05. The van der Waals surface area contributed by atoms with Crippen molar-refractivity contribution < 1.29 is 14.3 Å². The molecule has 0 atom stereocenters. The lowest BCUT2D eigenvalue weighted by Gasteiger charge is -2.19. The molecule has 29 heavy (non-hydrogen) atoms. The maximum atomic E-state index is 11.7. The minimum Gasteiger partial charge on any atom is -0.481 e. The van der Waals surface area contributed by atoms with Gasteiger partial charge in [0.25, 0.3) is 0 Å². The monoisotopic (exact) mass is 393 g/mol. The molecule has 0 saturated heterocycles. The third kappa shape index (κ3) is 8.31. The fourth-order valence-electron chi connectivity index (χ4n) is 2.50. The van der Waals surface area contributed by atoms with E-state index in [2.05, 4.69) is 50.1 Å². The van der Waals surface area contributed by atoms with Crippen LogP contribution in [0.25, 0.3) is 0 Å². The summed E-state index contributed by atoms with van der Waals surface area (Å²) in [5.74, 6) is 6.93. The van der Waals surface area contributed by atoms with E-state index in [-0.39, 0.29) is 5.41 Å². The minimum atomic E-state index is -0.500. The SMILES string of the molecule is CC(C)(C)OC(=O)NCc1ccc(C#CCOc2ccc(C(C)(C)C)cc2)cc1. The Morgan fingerprint density at radius 1 is 0.931 bits per heavy atom. The molecule has 0 aliphatic rings. The average molecular weight is 394 g/mol. The van der Waals surface area contributed by atoms with Crippen molar-refractivity contribution in [1.82, 2.24) is 5.32 Å². The smallest absolute Gasteiger partial charge is 0.407 e. The summed E-state index contributed by atoms with van der Waals surface area (Å²) in [7, 11) is 0. The predicted octanol–water partition coefficient (Wildman–Crippen LogP) is 5.44. The molecule has 2 aromatic carbocycles. The number of hydrogen-bond acceptors (Lipinski definition) is 3. The van der Waals surface area contributed by atoms with E-state index in [9.17, 15) is 4.79 Å². The van der Waals surface area contributed by atoms with Gasteiger partial charge in [0, 0.05) is 12.1 Å². The zero-order chi connectivity index (χ0) is 21.5. The Kier molecular flexibility index (Phi) is 7.34. The number of nitrogens with one attached hydrogen (secondary N) is 1. The number of rotatable bonds is 4. The van der Waals surface area contributed by atoms with Crippen LogP contribution in [0.4, 0.5) is 4.79 Å². The Labute approximate surface area is 174 Å². The topological polar surface area (TPSA) is 47.6 Å². The summed E-state index contributed by atoms with van der Waals surface area (Å²) in [6.45, 7) is 12.8. The molecule has 0 heterocycles. The van der Waals surface area contributed by atoms with Gasteiger partial charge in [-0.05, 0) is 61.6 Å². The fraction of sp³-hybridized carbons (Fsp3) is 0.400. The summed E-state index contributed by atoms with van der Waals surface area (Å²) in [5.41, 5.74) is 2.79. The van der Waals surface area contributed by atoms with E-state index in [1.165, 1.54) is 5.56 Å². The Morgan fingerprint density at radius 2 is 1.55 bits per heavy atom. The third-order valence-electron chi connectivity index (χ3n) is 4.05. The van der Waals surface area contributed by atoms with E-state index in [4.69, 9.17) is 9.47 Å². The number of carbonyl (C=O) groups excluding carboxylic acids is 1. The van der Waals surface area contributed by atoms with Gasteiger partial charge < -0.3 is 14.8 Å². The normalized spacial score (nSPS) is 11.2. The number of benzene rings is 2. The van der Waals surface area contributed by atoms with E-state index in [0.29, 0.717) is 13.2 Å². The summed E-state index contributed by atoms with van der Waals surface area (Å²) in [6.07, 6.45) is -0.422. The second-order valence-electron chi connectivity index (χ2n) is 8.92. The van der Waals surface area contributed by atoms with Crippen LogP contribution < -0.4 is 10.1 Å². The Balaban J connectivity index is 1.80. The van der Waals surface area contributed by atoms with Crippen LogP contribution in [0.1, 0.15) is 58.2 Å². The van der Waals surface area contributed by atoms with Crippen molar-refractivity contribution in [3.8, 4) is 17.6 Å². The Bertz CT molecular complexity index is 858. The first-order chi connectivity index (χ1) is 13.5. The lowest BCUT2D eigenvalue weighted by Crippen LogP contribution is -2.32. The van der Waals surface area contributed by atoms with Crippen LogP contribution >= 0.6 is 0 Å². The predicted molar refractivity (Wildman–Crippen MR) is 117 cm³/mol. The molecule has 0 aliphatic carbocycles. The molecular weight excluding hydrogens is 362 g/mol. The largest absolute Gasteiger partial charge is 0.481 e. The van der Waals surface area contributed by atoms with Crippen molar-refractivity contribution in [2.45, 2.75) is 59.1 Å². The highest BCUT2D eigenvalue weighted by atomic mass is 16.6. The molecule has 0 aliphatic heterocycles. The lowest BCUT2D eigenvalue weighted by atomic mass is 9.87. The van der Waals surface area contributed by atoms with Crippen molar-refractivity contribution in [3.63, 3.8) is 0 Å². The van der Waals surface area contributed by atoms with Gasteiger partial charge in [-0.15, -0.1) is 0 Å². The van der Waals surface area contributed by atoms with Crippen LogP contribution in [0.15, 0.2) is 48.5 Å². The zero-order valence-corrected chi connectivity index (χ0v) is 18.3. The van der Waals surface area contributed by atoms with Crippen molar-refractivity contribution >= 4 is 6.09 Å². The summed E-state index contributed by atoms with van der Waals surface area (Å²) in [6, 6.07) is 15.9. The quantitative estimate of drug-likeness (QED) is 0.704. The standard InChI is InChI=1S/C25H31NO3/c1-24(2,3)21-13-15-22(16-14-21)28-17-7-8-19-9-11-20(12-10-19)18-26-23(27)29-25(4,5)6/h9-16H,17-18H2,1-6H3,(H,26,27). The van der Waals surface area contributed by atoms with Gasteiger partial charge >= 0.3 is 6.09 Å². The Morgan fingerprint density at radius 3 is 2.10 bits per heavy atom. The van der Waals surface area contributed by atoms with E-state index in [0.717, 1.165) is 16.9 Å². The summed E-state index contributed by atoms with van der Waals surface area (Å²) >= 11 is 0. The number of ether oxygens (including phenoxy) is 2. The van der Waals surface area contributed by atoms with Crippen molar-refractivity contribution in [1.29, 1.82) is 0 Å². The first-order valence-electron chi connectivity index (χ1n) is 9.81. The van der Waals surface area contributed by atoms with Gasteiger partial charge in [0.05, 0.1) is 0 Å². The van der Waals surface area contributed by atoms with Crippen LogP contribution in [-0.2, 0) is 16.7 Å². The van der Waals surface area contributed by atoms with Gasteiger partial charge in [0.2, 0.25) is 0 Å². The van der Waals surface area contributed by atoms with Gasteiger partial charge in [0.1, 0.15) is 18.0 Å². The van der Waals surface area contributed by atoms with Gasteiger partial charge in [-0.25, -0.2) is 4.79 Å². The lowest BCUT2D eigenvalue weighted by molar-refractivity contribution is 0.0523. The molecule has 0 unspecified atom stereocenters. The number of hydrogen-bond donors (Lipinski definition) is 1. The Hall–Kier alpha value is -2.93. The zero-order valence-electron chi connectivity index (χ0n) is 18.3. The molecular formula is C25H31NO3. The van der Waals surface area contributed by atoms with Gasteiger partial charge in [-0.2, -0.15) is 0 Å². The second-order valence-corrected chi connectivity index (χ2v) is 8.92. The molecule has 4 nitrogen and oxygen atoms in total. The highest BCUT2D eigenvalue weighted by Crippen LogP contribution is 2.24. The van der Waals surface area contributed by atoms with Crippen molar-refractivity contribution in [2.24, 2.45) is 0 Å². The summed E-state index contributed by atoms with van der Waals surface area (Å²) in [4.78, 5) is 11.7. The molecule has 0 spiro atoms. The van der Waals surface area contributed by atoms with E-state index in [1.807, 2.05) is 57.2 Å². The molecule has 154 valence electrons. The molecule has 2 aromatic rings. The number of amides is 1. The molecule has 4 heteroatoms. The molecule has 0 saturated carbocycles. The maximum absolute atomic E-state index is 11.7. The molecule has 1 amide bonds. The summed E-state index contributed by atoms with van der Waals surface area (Å²) < 4.78 is 10.9. The molecule has 0 radical (unpaired) electrons. The first-order valence-corrected chi connectivity index (χ1v) is 9.81. The molecule has 0 aromatic heterocycles. The average Bonchev–Trinajstić information content (AvgIpc) is 2.63.